The van der Waals surface area contributed by atoms with E-state index < -0.39 is 6.04 Å². The van der Waals surface area contributed by atoms with Crippen molar-refractivity contribution in [2.24, 2.45) is 4.99 Å². The molecule has 1 aromatic rings. The predicted octanol–water partition coefficient (Wildman–Crippen LogP) is 1.67. The van der Waals surface area contributed by atoms with E-state index in [9.17, 15) is 4.79 Å². The van der Waals surface area contributed by atoms with E-state index in [-0.39, 0.29) is 5.97 Å². The summed E-state index contributed by atoms with van der Waals surface area (Å²) in [7, 11) is 1.36. The number of ether oxygens (including phenoxy) is 1. The third-order valence-electron chi connectivity index (χ3n) is 1.79. The van der Waals surface area contributed by atoms with Gasteiger partial charge in [0.15, 0.2) is 0 Å². The SMILES string of the molecule is COC(=O)C(C)/N=C\c1ccccc1. The van der Waals surface area contributed by atoms with E-state index in [1.165, 1.54) is 7.11 Å². The van der Waals surface area contributed by atoms with Crippen LogP contribution in [0.3, 0.4) is 0 Å². The third-order valence-corrected chi connectivity index (χ3v) is 1.79. The average Bonchev–Trinajstić information content (AvgIpc) is 2.26. The zero-order valence-electron chi connectivity index (χ0n) is 8.31. The van der Waals surface area contributed by atoms with Crippen LogP contribution in [0.5, 0.6) is 0 Å². The number of benzene rings is 1. The molecule has 14 heavy (non-hydrogen) atoms. The highest BCUT2D eigenvalue weighted by Crippen LogP contribution is 1.97. The van der Waals surface area contributed by atoms with Crippen LogP contribution in [0.15, 0.2) is 35.3 Å². The topological polar surface area (TPSA) is 38.7 Å². The second-order valence-electron chi connectivity index (χ2n) is 2.89. The smallest absolute Gasteiger partial charge is 0.330 e. The van der Waals surface area contributed by atoms with E-state index in [0.29, 0.717) is 0 Å². The quantitative estimate of drug-likeness (QED) is 0.538. The largest absolute Gasteiger partial charge is 0.467 e. The second-order valence-corrected chi connectivity index (χ2v) is 2.89. The Hall–Kier alpha value is -1.64. The van der Waals surface area contributed by atoms with Gasteiger partial charge in [0, 0.05) is 6.21 Å². The molecule has 0 radical (unpaired) electrons. The number of hydrogen-bond acceptors (Lipinski definition) is 3. The summed E-state index contributed by atoms with van der Waals surface area (Å²) in [6.45, 7) is 1.70. The summed E-state index contributed by atoms with van der Waals surface area (Å²) < 4.78 is 4.55. The van der Waals surface area contributed by atoms with Crippen LogP contribution in [-0.2, 0) is 9.53 Å². The van der Waals surface area contributed by atoms with Crippen molar-refractivity contribution in [3.8, 4) is 0 Å². The van der Waals surface area contributed by atoms with Crippen molar-refractivity contribution < 1.29 is 9.53 Å². The van der Waals surface area contributed by atoms with Gasteiger partial charge in [0.25, 0.3) is 0 Å². The van der Waals surface area contributed by atoms with Crippen LogP contribution in [-0.4, -0.2) is 25.3 Å². The first kappa shape index (κ1) is 10.4. The average molecular weight is 191 g/mol. The molecule has 0 saturated heterocycles. The first-order chi connectivity index (χ1) is 6.74. The van der Waals surface area contributed by atoms with Gasteiger partial charge in [-0.25, -0.2) is 4.79 Å². The zero-order chi connectivity index (χ0) is 10.4. The van der Waals surface area contributed by atoms with E-state index in [2.05, 4.69) is 9.73 Å². The Morgan fingerprint density at radius 1 is 1.43 bits per heavy atom. The summed E-state index contributed by atoms with van der Waals surface area (Å²) >= 11 is 0. The molecule has 0 aromatic heterocycles. The van der Waals surface area contributed by atoms with Crippen LogP contribution in [0.2, 0.25) is 0 Å². The number of carbonyl (C=O) groups is 1. The minimum absolute atomic E-state index is 0.322. The molecule has 0 spiro atoms. The molecular formula is C11H13NO2. The Kier molecular flexibility index (Phi) is 3.85. The number of nitrogens with zero attached hydrogens (tertiary/aromatic N) is 1. The Bertz CT molecular complexity index is 319. The number of rotatable bonds is 3. The highest BCUT2D eigenvalue weighted by atomic mass is 16.5. The van der Waals surface area contributed by atoms with Gasteiger partial charge in [0.05, 0.1) is 7.11 Å². The molecule has 0 aliphatic carbocycles. The maximum absolute atomic E-state index is 11.0. The van der Waals surface area contributed by atoms with Crippen LogP contribution in [0.4, 0.5) is 0 Å². The second kappa shape index (κ2) is 5.17. The normalized spacial score (nSPS) is 12.7. The Balaban J connectivity index is 2.60. The summed E-state index contributed by atoms with van der Waals surface area (Å²) in [6.07, 6.45) is 1.67. The Labute approximate surface area is 83.4 Å². The zero-order valence-corrected chi connectivity index (χ0v) is 8.31. The lowest BCUT2D eigenvalue weighted by molar-refractivity contribution is -0.141. The van der Waals surface area contributed by atoms with Gasteiger partial charge in [-0.15, -0.1) is 0 Å². The van der Waals surface area contributed by atoms with Gasteiger partial charge < -0.3 is 4.74 Å². The number of esters is 1. The van der Waals surface area contributed by atoms with Crippen LogP contribution < -0.4 is 0 Å². The molecule has 0 N–H and O–H groups in total. The lowest BCUT2D eigenvalue weighted by Crippen LogP contribution is -2.16. The van der Waals surface area contributed by atoms with Crippen molar-refractivity contribution in [2.45, 2.75) is 13.0 Å². The van der Waals surface area contributed by atoms with Gasteiger partial charge in [-0.3, -0.25) is 4.99 Å². The molecule has 1 rings (SSSR count). The standard InChI is InChI=1S/C11H13NO2/c1-9(11(13)14-2)12-8-10-6-4-3-5-7-10/h3-9H,1-2H3/b12-8-. The summed E-state index contributed by atoms with van der Waals surface area (Å²) in [6, 6.07) is 9.18. The number of carbonyl (C=O) groups excluding carboxylic acids is 1. The van der Waals surface area contributed by atoms with Gasteiger partial charge in [0.2, 0.25) is 0 Å². The summed E-state index contributed by atoms with van der Waals surface area (Å²) in [4.78, 5) is 15.1. The molecule has 74 valence electrons. The van der Waals surface area contributed by atoms with Crippen molar-refractivity contribution in [1.29, 1.82) is 0 Å². The van der Waals surface area contributed by atoms with E-state index >= 15 is 0 Å². The lowest BCUT2D eigenvalue weighted by atomic mass is 10.2. The Morgan fingerprint density at radius 2 is 2.07 bits per heavy atom. The summed E-state index contributed by atoms with van der Waals surface area (Å²) in [5.41, 5.74) is 0.975. The molecule has 1 aromatic carbocycles. The van der Waals surface area contributed by atoms with Gasteiger partial charge in [-0.2, -0.15) is 0 Å². The third kappa shape index (κ3) is 3.01. The molecule has 0 amide bonds. The van der Waals surface area contributed by atoms with Gasteiger partial charge in [0.1, 0.15) is 6.04 Å². The van der Waals surface area contributed by atoms with E-state index in [1.54, 1.807) is 13.1 Å². The first-order valence-electron chi connectivity index (χ1n) is 4.40. The fourth-order valence-corrected chi connectivity index (χ4v) is 0.968. The monoisotopic (exact) mass is 191 g/mol. The first-order valence-corrected chi connectivity index (χ1v) is 4.40. The molecule has 1 atom stereocenters. The van der Waals surface area contributed by atoms with Gasteiger partial charge in [-0.1, -0.05) is 30.3 Å². The molecule has 1 unspecified atom stereocenters. The molecule has 0 aliphatic heterocycles. The molecule has 0 aliphatic rings. The molecular weight excluding hydrogens is 178 g/mol. The van der Waals surface area contributed by atoms with E-state index in [4.69, 9.17) is 0 Å². The summed E-state index contributed by atoms with van der Waals surface area (Å²) in [5, 5.41) is 0. The molecule has 0 saturated carbocycles. The maximum atomic E-state index is 11.0. The Morgan fingerprint density at radius 3 is 2.64 bits per heavy atom. The molecule has 0 bridgehead atoms. The van der Waals surface area contributed by atoms with Crippen molar-refractivity contribution in [3.05, 3.63) is 35.9 Å². The highest BCUT2D eigenvalue weighted by molar-refractivity contribution is 5.83. The van der Waals surface area contributed by atoms with Gasteiger partial charge >= 0.3 is 5.97 Å². The van der Waals surface area contributed by atoms with E-state index in [1.807, 2.05) is 30.3 Å². The minimum atomic E-state index is -0.444. The van der Waals surface area contributed by atoms with Gasteiger partial charge in [-0.05, 0) is 12.5 Å². The number of methoxy groups -OCH3 is 1. The maximum Gasteiger partial charge on any atom is 0.330 e. The fraction of sp³-hybridized carbons (Fsp3) is 0.273. The molecule has 3 heteroatoms. The molecule has 3 nitrogen and oxygen atoms in total. The number of hydrogen-bond donors (Lipinski definition) is 0. The minimum Gasteiger partial charge on any atom is -0.467 e. The van der Waals surface area contributed by atoms with Crippen molar-refractivity contribution in [3.63, 3.8) is 0 Å². The fourth-order valence-electron chi connectivity index (χ4n) is 0.968. The van der Waals surface area contributed by atoms with Crippen molar-refractivity contribution >= 4 is 12.2 Å². The van der Waals surface area contributed by atoms with Crippen LogP contribution in [0, 0.1) is 0 Å². The molecule has 0 heterocycles. The van der Waals surface area contributed by atoms with Crippen molar-refractivity contribution in [2.75, 3.05) is 7.11 Å². The van der Waals surface area contributed by atoms with E-state index in [0.717, 1.165) is 5.56 Å². The highest BCUT2D eigenvalue weighted by Gasteiger charge is 2.09. The lowest BCUT2D eigenvalue weighted by Gasteiger charge is -2.02. The van der Waals surface area contributed by atoms with Crippen LogP contribution in [0.25, 0.3) is 0 Å². The predicted molar refractivity (Wildman–Crippen MR) is 55.5 cm³/mol. The molecule has 0 fully saturated rings. The van der Waals surface area contributed by atoms with Crippen LogP contribution >= 0.6 is 0 Å². The van der Waals surface area contributed by atoms with Crippen LogP contribution in [0.1, 0.15) is 12.5 Å². The number of aliphatic imine (C=N–C) groups is 1. The van der Waals surface area contributed by atoms with Crippen molar-refractivity contribution in [1.82, 2.24) is 0 Å². The summed E-state index contributed by atoms with van der Waals surface area (Å²) in [5.74, 6) is -0.322.